The maximum atomic E-state index is 13.1. The molecule has 0 aromatic heterocycles. The van der Waals surface area contributed by atoms with Crippen molar-refractivity contribution in [3.63, 3.8) is 0 Å². The maximum absolute atomic E-state index is 13.1. The predicted octanol–water partition coefficient (Wildman–Crippen LogP) is 4.55. The van der Waals surface area contributed by atoms with E-state index in [0.717, 1.165) is 16.3 Å². The van der Waals surface area contributed by atoms with Gasteiger partial charge in [-0.1, -0.05) is 36.4 Å². The summed E-state index contributed by atoms with van der Waals surface area (Å²) in [4.78, 5) is 34.5. The van der Waals surface area contributed by atoms with Crippen LogP contribution in [0.1, 0.15) is 15.9 Å². The highest BCUT2D eigenvalue weighted by atomic mass is 32.2. The molecule has 2 fully saturated rings. The molecule has 35 heavy (non-hydrogen) atoms. The van der Waals surface area contributed by atoms with Gasteiger partial charge in [0.25, 0.3) is 11.8 Å². The lowest BCUT2D eigenvalue weighted by Crippen LogP contribution is -2.40. The first-order valence-electron chi connectivity index (χ1n) is 11.3. The van der Waals surface area contributed by atoms with Gasteiger partial charge in [0.2, 0.25) is 0 Å². The van der Waals surface area contributed by atoms with E-state index in [1.807, 2.05) is 54.6 Å². The third kappa shape index (κ3) is 4.67. The zero-order chi connectivity index (χ0) is 24.4. The Kier molecular flexibility index (Phi) is 6.57. The van der Waals surface area contributed by atoms with Gasteiger partial charge in [0, 0.05) is 31.3 Å². The first-order valence-corrected chi connectivity index (χ1v) is 12.2. The molecule has 2 aliphatic rings. The number of benzene rings is 3. The number of nitrogens with zero attached hydrogens (tertiary/aromatic N) is 3. The van der Waals surface area contributed by atoms with Crippen LogP contribution in [0.2, 0.25) is 0 Å². The molecule has 0 radical (unpaired) electrons. The number of amides is 2. The summed E-state index contributed by atoms with van der Waals surface area (Å²) < 4.78 is 10.9. The van der Waals surface area contributed by atoms with E-state index in [4.69, 9.17) is 14.5 Å². The predicted molar refractivity (Wildman–Crippen MR) is 139 cm³/mol. The Morgan fingerprint density at radius 1 is 1.09 bits per heavy atom. The number of amidine groups is 1. The number of carbonyl (C=O) groups is 2. The first-order chi connectivity index (χ1) is 17.0. The summed E-state index contributed by atoms with van der Waals surface area (Å²) in [5.74, 6) is 0.527. The fraction of sp³-hybridized carbons (Fsp3) is 0.222. The molecule has 2 aliphatic heterocycles. The van der Waals surface area contributed by atoms with Crippen LogP contribution in [0.25, 0.3) is 16.8 Å². The molecule has 0 N–H and O–H groups in total. The number of thioether (sulfide) groups is 1. The highest BCUT2D eigenvalue weighted by Gasteiger charge is 2.31. The van der Waals surface area contributed by atoms with Gasteiger partial charge in [-0.2, -0.15) is 0 Å². The normalized spacial score (nSPS) is 18.6. The fourth-order valence-electron chi connectivity index (χ4n) is 4.15. The summed E-state index contributed by atoms with van der Waals surface area (Å²) in [6, 6.07) is 19.1. The molecule has 2 amide bonds. The van der Waals surface area contributed by atoms with Crippen LogP contribution in [-0.4, -0.2) is 67.2 Å². The quantitative estimate of drug-likeness (QED) is 0.505. The molecule has 178 valence electrons. The minimum atomic E-state index is -0.135. The Morgan fingerprint density at radius 2 is 1.89 bits per heavy atom. The van der Waals surface area contributed by atoms with Crippen molar-refractivity contribution in [1.29, 1.82) is 0 Å². The zero-order valence-electron chi connectivity index (χ0n) is 19.6. The van der Waals surface area contributed by atoms with E-state index >= 15 is 0 Å². The molecule has 0 aliphatic carbocycles. The van der Waals surface area contributed by atoms with E-state index in [0.29, 0.717) is 53.4 Å². The van der Waals surface area contributed by atoms with E-state index in [1.165, 1.54) is 16.7 Å². The largest absolute Gasteiger partial charge is 0.496 e. The topological polar surface area (TPSA) is 71.4 Å². The maximum Gasteiger partial charge on any atom is 0.266 e. The highest BCUT2D eigenvalue weighted by molar-refractivity contribution is 8.18. The van der Waals surface area contributed by atoms with Crippen LogP contribution < -0.4 is 4.74 Å². The second-order valence-electron chi connectivity index (χ2n) is 8.23. The number of aliphatic imine (C=N–C) groups is 1. The Balaban J connectivity index is 1.45. The van der Waals surface area contributed by atoms with Gasteiger partial charge in [-0.05, 0) is 52.9 Å². The second-order valence-corrected chi connectivity index (χ2v) is 9.24. The average molecular weight is 488 g/mol. The van der Waals surface area contributed by atoms with Crippen molar-refractivity contribution in [2.45, 2.75) is 0 Å². The lowest BCUT2D eigenvalue weighted by Gasteiger charge is -2.26. The number of fused-ring (bicyclic) bond motifs is 1. The van der Waals surface area contributed by atoms with Crippen LogP contribution in [0.15, 0.2) is 70.6 Å². The molecule has 3 aromatic carbocycles. The Bertz CT molecular complexity index is 1360. The third-order valence-electron chi connectivity index (χ3n) is 6.05. The molecule has 2 saturated heterocycles. The third-order valence-corrected chi connectivity index (χ3v) is 7.11. The number of ether oxygens (including phenoxy) is 2. The lowest BCUT2D eigenvalue weighted by molar-refractivity contribution is -0.121. The van der Waals surface area contributed by atoms with Gasteiger partial charge >= 0.3 is 0 Å². The van der Waals surface area contributed by atoms with Crippen LogP contribution in [0.4, 0.5) is 5.69 Å². The van der Waals surface area contributed by atoms with Gasteiger partial charge in [-0.15, -0.1) is 0 Å². The van der Waals surface area contributed by atoms with E-state index in [2.05, 4.69) is 0 Å². The zero-order valence-corrected chi connectivity index (χ0v) is 20.4. The summed E-state index contributed by atoms with van der Waals surface area (Å²) in [7, 11) is 3.33. The Labute approximate surface area is 208 Å². The molecule has 7 nitrogen and oxygen atoms in total. The fourth-order valence-corrected chi connectivity index (χ4v) is 5.12. The summed E-state index contributed by atoms with van der Waals surface area (Å²) in [6.45, 7) is 2.26. The monoisotopic (exact) mass is 487 g/mol. The highest BCUT2D eigenvalue weighted by Crippen LogP contribution is 2.37. The summed E-state index contributed by atoms with van der Waals surface area (Å²) in [5, 5.41) is 2.63. The number of hydrogen-bond donors (Lipinski definition) is 0. The van der Waals surface area contributed by atoms with Gasteiger partial charge in [0.05, 0.1) is 30.9 Å². The Morgan fingerprint density at radius 3 is 2.69 bits per heavy atom. The summed E-state index contributed by atoms with van der Waals surface area (Å²) in [6.07, 6.45) is 1.87. The van der Waals surface area contributed by atoms with Crippen LogP contribution in [0, 0.1) is 0 Å². The number of rotatable bonds is 4. The summed E-state index contributed by atoms with van der Waals surface area (Å²) in [5.41, 5.74) is 2.05. The molecular formula is C27H25N3O4S. The van der Waals surface area contributed by atoms with Gasteiger partial charge in [0.15, 0.2) is 5.17 Å². The van der Waals surface area contributed by atoms with Crippen molar-refractivity contribution in [3.05, 3.63) is 76.7 Å². The van der Waals surface area contributed by atoms with E-state index < -0.39 is 0 Å². The van der Waals surface area contributed by atoms with Crippen molar-refractivity contribution in [2.24, 2.45) is 4.99 Å². The second kappa shape index (κ2) is 9.93. The van der Waals surface area contributed by atoms with Crippen molar-refractivity contribution in [2.75, 3.05) is 40.5 Å². The molecular weight excluding hydrogens is 462 g/mol. The van der Waals surface area contributed by atoms with Crippen molar-refractivity contribution >= 4 is 51.3 Å². The van der Waals surface area contributed by atoms with E-state index in [9.17, 15) is 9.59 Å². The standard InChI is InChI=1S/C27H25N3O4S/c1-29-26(32)24(17-22-21-9-4-3-6-18(21)10-11-23(22)33-2)35-27(29)28-20-8-5-7-19(16-20)25(31)30-12-14-34-15-13-30/h3-11,16-17H,12-15H2,1-2H3/b24-17+,28-27?. The molecule has 0 spiro atoms. The molecule has 2 heterocycles. The summed E-state index contributed by atoms with van der Waals surface area (Å²) >= 11 is 1.31. The SMILES string of the molecule is COc1ccc2ccccc2c1/C=C1/SC(=Nc2cccc(C(=O)N3CCOCC3)c2)N(C)C1=O. The molecule has 5 rings (SSSR count). The minimum Gasteiger partial charge on any atom is -0.496 e. The number of morpholine rings is 1. The number of methoxy groups -OCH3 is 1. The van der Waals surface area contributed by atoms with Gasteiger partial charge in [-0.3, -0.25) is 14.5 Å². The van der Waals surface area contributed by atoms with Crippen molar-refractivity contribution < 1.29 is 19.1 Å². The molecule has 0 saturated carbocycles. The smallest absolute Gasteiger partial charge is 0.266 e. The van der Waals surface area contributed by atoms with Crippen LogP contribution in [0.5, 0.6) is 5.75 Å². The van der Waals surface area contributed by atoms with E-state index in [1.54, 1.807) is 31.2 Å². The first kappa shape index (κ1) is 23.1. The van der Waals surface area contributed by atoms with Crippen molar-refractivity contribution in [3.8, 4) is 5.75 Å². The molecule has 0 unspecified atom stereocenters. The van der Waals surface area contributed by atoms with E-state index in [-0.39, 0.29) is 11.8 Å². The Hall–Kier alpha value is -3.62. The number of hydrogen-bond acceptors (Lipinski definition) is 6. The van der Waals surface area contributed by atoms with Crippen LogP contribution >= 0.6 is 11.8 Å². The number of carbonyl (C=O) groups excluding carboxylic acids is 2. The molecule has 8 heteroatoms. The average Bonchev–Trinajstić information content (AvgIpc) is 3.16. The lowest BCUT2D eigenvalue weighted by atomic mass is 10.0. The van der Waals surface area contributed by atoms with Crippen LogP contribution in [-0.2, 0) is 9.53 Å². The van der Waals surface area contributed by atoms with Gasteiger partial charge < -0.3 is 14.4 Å². The van der Waals surface area contributed by atoms with Gasteiger partial charge in [-0.25, -0.2) is 4.99 Å². The molecule has 3 aromatic rings. The van der Waals surface area contributed by atoms with Gasteiger partial charge in [0.1, 0.15) is 5.75 Å². The van der Waals surface area contributed by atoms with Crippen LogP contribution in [0.3, 0.4) is 0 Å². The van der Waals surface area contributed by atoms with Crippen molar-refractivity contribution in [1.82, 2.24) is 9.80 Å². The molecule has 0 atom stereocenters. The minimum absolute atomic E-state index is 0.0394. The number of likely N-dealkylation sites (N-methyl/N-ethyl adjacent to an activating group) is 1. The molecule has 0 bridgehead atoms.